The first-order chi connectivity index (χ1) is 33.3. The molecule has 0 aliphatic heterocycles. The van der Waals surface area contributed by atoms with Crippen LogP contribution in [0.25, 0.3) is 112 Å². The van der Waals surface area contributed by atoms with Gasteiger partial charge in [0.2, 0.25) is 0 Å². The molecule has 0 N–H and O–H groups in total. The highest BCUT2D eigenvalue weighted by molar-refractivity contribution is 6.14. The first kappa shape index (κ1) is 40.1. The zero-order valence-electron chi connectivity index (χ0n) is 35.4. The summed E-state index contributed by atoms with van der Waals surface area (Å²) in [5, 5.41) is 14.0. The number of nitrogens with zero attached hydrogens (tertiary/aromatic N) is 11. The second kappa shape index (κ2) is 15.9. The van der Waals surface area contributed by atoms with Gasteiger partial charge in [-0.1, -0.05) is 18.2 Å². The second-order valence-corrected chi connectivity index (χ2v) is 15.9. The van der Waals surface area contributed by atoms with Crippen molar-refractivity contribution in [3.63, 3.8) is 0 Å². The van der Waals surface area contributed by atoms with Crippen molar-refractivity contribution in [1.29, 1.82) is 5.26 Å². The predicted octanol–water partition coefficient (Wildman–Crippen LogP) is 12.3. The number of hydrogen-bond acceptors (Lipinski definition) is 9. The zero-order chi connectivity index (χ0) is 45.9. The van der Waals surface area contributed by atoms with E-state index in [-0.39, 0.29) is 16.7 Å². The summed E-state index contributed by atoms with van der Waals surface area (Å²) in [7, 11) is 0. The molecule has 0 saturated carbocycles. The van der Waals surface area contributed by atoms with Crippen molar-refractivity contribution in [3.05, 3.63) is 194 Å². The van der Waals surface area contributed by atoms with E-state index in [1.165, 1.54) is 12.1 Å². The largest absolute Gasteiger partial charge is 0.417 e. The SMILES string of the molecule is N#Cc1cc(-n2c3ccc(-c4ncccn4)cc3c3cc(-c4ncccn4)ccc32)c(-c2ccccc2C(F)(F)F)c(-n2c3ccc(-c4ncccn4)cc3c3cc(-c4ncccn4)ccc32)c1. The van der Waals surface area contributed by atoms with Crippen LogP contribution in [0.15, 0.2) is 183 Å². The minimum atomic E-state index is -4.76. The van der Waals surface area contributed by atoms with E-state index in [9.17, 15) is 5.26 Å². The molecule has 68 heavy (non-hydrogen) atoms. The van der Waals surface area contributed by atoms with E-state index in [1.54, 1.807) is 92.0 Å². The Morgan fingerprint density at radius 1 is 0.397 bits per heavy atom. The molecule has 0 bridgehead atoms. The molecule has 14 heteroatoms. The lowest BCUT2D eigenvalue weighted by atomic mass is 9.94. The Balaban J connectivity index is 1.23. The smallest absolute Gasteiger partial charge is 0.308 e. The molecule has 6 heterocycles. The van der Waals surface area contributed by atoms with Crippen LogP contribution in [0.5, 0.6) is 0 Å². The van der Waals surface area contributed by atoms with Crippen LogP contribution in [-0.4, -0.2) is 49.0 Å². The quantitative estimate of drug-likeness (QED) is 0.153. The number of aromatic nitrogens is 10. The fraction of sp³-hybridized carbons (Fsp3) is 0.0185. The molecule has 6 aromatic heterocycles. The van der Waals surface area contributed by atoms with E-state index >= 15 is 13.2 Å². The van der Waals surface area contributed by atoms with Gasteiger partial charge in [-0.05, 0) is 121 Å². The number of halogens is 3. The molecule has 0 unspecified atom stereocenters. The predicted molar refractivity (Wildman–Crippen MR) is 254 cm³/mol. The van der Waals surface area contributed by atoms with E-state index in [1.807, 2.05) is 81.9 Å². The molecule has 0 radical (unpaired) electrons. The van der Waals surface area contributed by atoms with E-state index < -0.39 is 11.7 Å². The molecule has 0 spiro atoms. The highest BCUT2D eigenvalue weighted by atomic mass is 19.4. The highest BCUT2D eigenvalue weighted by Crippen LogP contribution is 2.47. The van der Waals surface area contributed by atoms with Gasteiger partial charge in [0.1, 0.15) is 0 Å². The van der Waals surface area contributed by atoms with Gasteiger partial charge in [0.25, 0.3) is 0 Å². The number of hydrogen-bond donors (Lipinski definition) is 0. The van der Waals surface area contributed by atoms with Crippen LogP contribution in [-0.2, 0) is 6.18 Å². The summed E-state index contributed by atoms with van der Waals surface area (Å²) in [5.74, 6) is 2.01. The number of nitriles is 1. The summed E-state index contributed by atoms with van der Waals surface area (Å²) < 4.78 is 50.5. The molecular weight excluding hydrogens is 860 g/mol. The van der Waals surface area contributed by atoms with Gasteiger partial charge in [0.05, 0.1) is 50.6 Å². The topological polar surface area (TPSA) is 137 Å². The molecular formula is C54H30F3N11. The van der Waals surface area contributed by atoms with E-state index in [0.717, 1.165) is 49.9 Å². The van der Waals surface area contributed by atoms with Crippen molar-refractivity contribution in [2.45, 2.75) is 6.18 Å². The van der Waals surface area contributed by atoms with Gasteiger partial charge in [-0.15, -0.1) is 0 Å². The van der Waals surface area contributed by atoms with Gasteiger partial charge < -0.3 is 9.13 Å². The van der Waals surface area contributed by atoms with Crippen LogP contribution in [0.3, 0.4) is 0 Å². The molecule has 0 amide bonds. The van der Waals surface area contributed by atoms with Crippen LogP contribution in [0, 0.1) is 11.3 Å². The molecule has 0 aliphatic carbocycles. The maximum absolute atomic E-state index is 15.5. The summed E-state index contributed by atoms with van der Waals surface area (Å²) in [5.41, 5.74) is 5.85. The Labute approximate surface area is 384 Å². The van der Waals surface area contributed by atoms with Crippen molar-refractivity contribution in [1.82, 2.24) is 49.0 Å². The molecule has 0 saturated heterocycles. The van der Waals surface area contributed by atoms with Gasteiger partial charge in [0.15, 0.2) is 23.3 Å². The molecule has 12 aromatic rings. The first-order valence-electron chi connectivity index (χ1n) is 21.3. The molecule has 6 aromatic carbocycles. The highest BCUT2D eigenvalue weighted by Gasteiger charge is 2.36. The van der Waals surface area contributed by atoms with Crippen LogP contribution < -0.4 is 0 Å². The summed E-state index contributed by atoms with van der Waals surface area (Å²) in [4.78, 5) is 36.1. The third kappa shape index (κ3) is 6.68. The maximum atomic E-state index is 15.5. The summed E-state index contributed by atoms with van der Waals surface area (Å²) in [6.07, 6.45) is 8.58. The second-order valence-electron chi connectivity index (χ2n) is 15.9. The van der Waals surface area contributed by atoms with Gasteiger partial charge in [-0.2, -0.15) is 18.4 Å². The minimum absolute atomic E-state index is 0.0771. The molecule has 0 aliphatic rings. The Morgan fingerprint density at radius 2 is 0.721 bits per heavy atom. The molecule has 322 valence electrons. The molecule has 0 atom stereocenters. The zero-order valence-corrected chi connectivity index (χ0v) is 35.4. The normalized spacial score (nSPS) is 11.7. The molecule has 11 nitrogen and oxygen atoms in total. The van der Waals surface area contributed by atoms with Crippen molar-refractivity contribution in [3.8, 4) is 74.1 Å². The lowest BCUT2D eigenvalue weighted by Gasteiger charge is -2.23. The standard InChI is InChI=1S/C54H30F3N11/c55-54(56,57)42-8-2-1-7-37(42)49-47(67-43-13-9-33(50-59-17-3-18-60-50)27-38(43)39-28-34(10-14-44(39)67)51-61-19-4-20-62-51)25-32(31-58)26-48(49)68-45-15-11-35(52-63-21-5-22-64-52)29-40(45)41-30-36(12-16-46(41)68)53-65-23-6-24-66-53/h1-30H. The van der Waals surface area contributed by atoms with Crippen LogP contribution in [0.4, 0.5) is 13.2 Å². The number of benzene rings is 6. The van der Waals surface area contributed by atoms with E-state index in [4.69, 9.17) is 0 Å². The lowest BCUT2D eigenvalue weighted by molar-refractivity contribution is -0.137. The Hall–Kier alpha value is -9.48. The Kier molecular flexibility index (Phi) is 9.36. The average molecular weight is 890 g/mol. The fourth-order valence-corrected chi connectivity index (χ4v) is 9.17. The summed E-state index contributed by atoms with van der Waals surface area (Å²) in [6, 6.07) is 41.4. The maximum Gasteiger partial charge on any atom is 0.417 e. The van der Waals surface area contributed by atoms with Crippen LogP contribution >= 0.6 is 0 Å². The number of alkyl halides is 3. The van der Waals surface area contributed by atoms with Crippen molar-refractivity contribution >= 4 is 43.6 Å². The minimum Gasteiger partial charge on any atom is -0.308 e. The van der Waals surface area contributed by atoms with Crippen LogP contribution in [0.2, 0.25) is 0 Å². The van der Waals surface area contributed by atoms with E-state index in [0.29, 0.717) is 56.7 Å². The van der Waals surface area contributed by atoms with Gasteiger partial charge in [-0.3, -0.25) is 0 Å². The number of fused-ring (bicyclic) bond motifs is 6. The molecule has 12 rings (SSSR count). The van der Waals surface area contributed by atoms with Gasteiger partial charge in [-0.25, -0.2) is 39.9 Å². The van der Waals surface area contributed by atoms with E-state index in [2.05, 4.69) is 45.9 Å². The third-order valence-electron chi connectivity index (χ3n) is 12.0. The first-order valence-corrected chi connectivity index (χ1v) is 21.3. The molecule has 0 fully saturated rings. The van der Waals surface area contributed by atoms with Crippen molar-refractivity contribution in [2.24, 2.45) is 0 Å². The summed E-state index contributed by atoms with van der Waals surface area (Å²) >= 11 is 0. The third-order valence-corrected chi connectivity index (χ3v) is 12.0. The Bertz CT molecular complexity index is 3550. The lowest BCUT2D eigenvalue weighted by Crippen LogP contribution is -2.11. The van der Waals surface area contributed by atoms with Gasteiger partial charge in [0, 0.05) is 98.9 Å². The van der Waals surface area contributed by atoms with Crippen molar-refractivity contribution in [2.75, 3.05) is 0 Å². The summed E-state index contributed by atoms with van der Waals surface area (Å²) in [6.45, 7) is 0. The van der Waals surface area contributed by atoms with Gasteiger partial charge >= 0.3 is 6.18 Å². The fourth-order valence-electron chi connectivity index (χ4n) is 9.17. The van der Waals surface area contributed by atoms with Crippen molar-refractivity contribution < 1.29 is 13.2 Å². The van der Waals surface area contributed by atoms with Crippen LogP contribution in [0.1, 0.15) is 11.1 Å². The monoisotopic (exact) mass is 889 g/mol. The number of rotatable bonds is 7. The average Bonchev–Trinajstić information content (AvgIpc) is 3.90. The Morgan fingerprint density at radius 3 is 1.03 bits per heavy atom.